The molecule has 0 atom stereocenters. The first-order valence-corrected chi connectivity index (χ1v) is 10.9. The second-order valence-electron chi connectivity index (χ2n) is 6.55. The van der Waals surface area contributed by atoms with Crippen LogP contribution in [0.3, 0.4) is 0 Å². The zero-order chi connectivity index (χ0) is 19.7. The summed E-state index contributed by atoms with van der Waals surface area (Å²) in [6.45, 7) is 12.9. The van der Waals surface area contributed by atoms with Crippen LogP contribution in [0.5, 0.6) is 0 Å². The van der Waals surface area contributed by atoms with Crippen molar-refractivity contribution in [2.45, 2.75) is 18.2 Å². The fourth-order valence-corrected chi connectivity index (χ4v) is 3.97. The average Bonchev–Trinajstić information content (AvgIpc) is 2.70. The molecule has 0 spiro atoms. The van der Waals surface area contributed by atoms with Crippen molar-refractivity contribution in [3.05, 3.63) is 42.5 Å². The van der Waals surface area contributed by atoms with Gasteiger partial charge in [0.25, 0.3) is 5.91 Å². The van der Waals surface area contributed by atoms with Crippen LogP contribution in [0.15, 0.2) is 41.8 Å². The normalized spacial score (nSPS) is 16.2. The van der Waals surface area contributed by atoms with E-state index in [-0.39, 0.29) is 17.3 Å². The molecule has 7 nitrogen and oxygen atoms in total. The van der Waals surface area contributed by atoms with Crippen molar-refractivity contribution in [2.75, 3.05) is 52.4 Å². The fourth-order valence-electron chi connectivity index (χ4n) is 2.97. The molecule has 0 saturated carbocycles. The van der Waals surface area contributed by atoms with E-state index in [1.807, 2.05) is 0 Å². The lowest BCUT2D eigenvalue weighted by molar-refractivity contribution is 0.0948. The van der Waals surface area contributed by atoms with Crippen molar-refractivity contribution in [3.63, 3.8) is 0 Å². The second kappa shape index (κ2) is 10.6. The Bertz CT molecular complexity index is 711. The number of carbonyl (C=O) groups is 1. The van der Waals surface area contributed by atoms with Crippen LogP contribution in [-0.2, 0) is 10.0 Å². The van der Waals surface area contributed by atoms with Crippen LogP contribution in [-0.4, -0.2) is 76.5 Å². The first-order valence-electron chi connectivity index (χ1n) is 9.40. The summed E-state index contributed by atoms with van der Waals surface area (Å²) in [5.41, 5.74) is 0.453. The van der Waals surface area contributed by atoms with E-state index in [0.29, 0.717) is 12.1 Å². The van der Waals surface area contributed by atoms with E-state index in [0.717, 1.165) is 45.7 Å². The Morgan fingerprint density at radius 3 is 2.37 bits per heavy atom. The van der Waals surface area contributed by atoms with Gasteiger partial charge in [-0.1, -0.05) is 13.0 Å². The predicted octanol–water partition coefficient (Wildman–Crippen LogP) is 0.908. The van der Waals surface area contributed by atoms with Crippen LogP contribution < -0.4 is 10.0 Å². The molecule has 1 aromatic rings. The van der Waals surface area contributed by atoms with E-state index in [9.17, 15) is 13.2 Å². The molecule has 8 heteroatoms. The van der Waals surface area contributed by atoms with Crippen molar-refractivity contribution in [1.29, 1.82) is 0 Å². The molecule has 1 fully saturated rings. The van der Waals surface area contributed by atoms with Crippen molar-refractivity contribution >= 4 is 15.9 Å². The molecule has 0 radical (unpaired) electrons. The molecule has 27 heavy (non-hydrogen) atoms. The topological polar surface area (TPSA) is 81.7 Å². The summed E-state index contributed by atoms with van der Waals surface area (Å²) in [5, 5.41) is 2.90. The number of piperazine rings is 1. The van der Waals surface area contributed by atoms with Crippen LogP contribution >= 0.6 is 0 Å². The Balaban J connectivity index is 1.74. The van der Waals surface area contributed by atoms with Gasteiger partial charge < -0.3 is 15.1 Å². The van der Waals surface area contributed by atoms with Gasteiger partial charge in [-0.2, -0.15) is 0 Å². The van der Waals surface area contributed by atoms with Gasteiger partial charge in [-0.3, -0.25) is 4.79 Å². The summed E-state index contributed by atoms with van der Waals surface area (Å²) in [6.07, 6.45) is 2.37. The van der Waals surface area contributed by atoms with Crippen molar-refractivity contribution in [1.82, 2.24) is 19.8 Å². The molecular formula is C19H30N4O3S. The molecule has 1 heterocycles. The maximum Gasteiger partial charge on any atom is 0.251 e. The number of nitrogens with one attached hydrogen (secondary N) is 2. The minimum absolute atomic E-state index is 0.132. The summed E-state index contributed by atoms with van der Waals surface area (Å²) in [5.74, 6) is -0.186. The van der Waals surface area contributed by atoms with Gasteiger partial charge in [0, 0.05) is 44.8 Å². The van der Waals surface area contributed by atoms with Gasteiger partial charge in [-0.25, -0.2) is 13.1 Å². The Labute approximate surface area is 162 Å². The molecule has 150 valence electrons. The fraction of sp³-hybridized carbons (Fsp3) is 0.526. The van der Waals surface area contributed by atoms with Gasteiger partial charge in [-0.05, 0) is 43.8 Å². The highest BCUT2D eigenvalue weighted by molar-refractivity contribution is 7.89. The highest BCUT2D eigenvalue weighted by Crippen LogP contribution is 2.10. The van der Waals surface area contributed by atoms with E-state index < -0.39 is 10.0 Å². The van der Waals surface area contributed by atoms with Crippen LogP contribution in [0.1, 0.15) is 23.7 Å². The Hall–Kier alpha value is -1.74. The molecule has 2 rings (SSSR count). The van der Waals surface area contributed by atoms with Crippen LogP contribution in [0, 0.1) is 0 Å². The molecule has 1 amide bonds. The summed E-state index contributed by atoms with van der Waals surface area (Å²) in [7, 11) is -3.57. The Morgan fingerprint density at radius 2 is 1.78 bits per heavy atom. The van der Waals surface area contributed by atoms with E-state index >= 15 is 0 Å². The van der Waals surface area contributed by atoms with Crippen molar-refractivity contribution in [2.24, 2.45) is 0 Å². The maximum absolute atomic E-state index is 12.2. The number of carbonyl (C=O) groups excluding carboxylic acids is 1. The molecule has 1 aliphatic heterocycles. The smallest absolute Gasteiger partial charge is 0.251 e. The number of nitrogens with zero attached hydrogens (tertiary/aromatic N) is 2. The summed E-state index contributed by atoms with van der Waals surface area (Å²) >= 11 is 0. The van der Waals surface area contributed by atoms with E-state index in [1.165, 1.54) is 30.3 Å². The highest BCUT2D eigenvalue weighted by Gasteiger charge is 2.15. The van der Waals surface area contributed by atoms with Gasteiger partial charge in [-0.15, -0.1) is 6.58 Å². The van der Waals surface area contributed by atoms with Gasteiger partial charge in [0.15, 0.2) is 0 Å². The largest absolute Gasteiger partial charge is 0.352 e. The molecule has 0 aliphatic carbocycles. The first-order chi connectivity index (χ1) is 13.0. The zero-order valence-electron chi connectivity index (χ0n) is 16.0. The number of likely N-dealkylation sites (N-methyl/N-ethyl adjacent to an activating group) is 1. The van der Waals surface area contributed by atoms with E-state index in [1.54, 1.807) is 0 Å². The van der Waals surface area contributed by atoms with Crippen molar-refractivity contribution < 1.29 is 13.2 Å². The summed E-state index contributed by atoms with van der Waals surface area (Å²) in [4.78, 5) is 17.2. The predicted molar refractivity (Wildman–Crippen MR) is 107 cm³/mol. The number of benzene rings is 1. The molecule has 1 aliphatic rings. The molecular weight excluding hydrogens is 364 g/mol. The highest BCUT2D eigenvalue weighted by atomic mass is 32.2. The van der Waals surface area contributed by atoms with E-state index in [2.05, 4.69) is 33.3 Å². The van der Waals surface area contributed by atoms with Crippen molar-refractivity contribution in [3.8, 4) is 0 Å². The lowest BCUT2D eigenvalue weighted by Crippen LogP contribution is -2.46. The van der Waals surface area contributed by atoms with E-state index in [4.69, 9.17) is 0 Å². The van der Waals surface area contributed by atoms with Crippen LogP contribution in [0.25, 0.3) is 0 Å². The zero-order valence-corrected chi connectivity index (χ0v) is 16.8. The monoisotopic (exact) mass is 394 g/mol. The first kappa shape index (κ1) is 21.6. The molecule has 0 aromatic heterocycles. The molecule has 0 unspecified atom stereocenters. The number of hydrogen-bond donors (Lipinski definition) is 2. The van der Waals surface area contributed by atoms with Gasteiger partial charge in [0.05, 0.1) is 4.90 Å². The standard InChI is InChI=1S/C19H30N4O3S/c1-3-10-21-27(25,26)18-8-6-17(7-9-18)19(24)20-11-5-12-23-15-13-22(4-2)14-16-23/h3,6-9,21H,1,4-5,10-16H2,2H3,(H,20,24). The lowest BCUT2D eigenvalue weighted by atomic mass is 10.2. The number of rotatable bonds is 10. The molecule has 2 N–H and O–H groups in total. The number of hydrogen-bond acceptors (Lipinski definition) is 5. The second-order valence-corrected chi connectivity index (χ2v) is 8.32. The Morgan fingerprint density at radius 1 is 1.15 bits per heavy atom. The third-order valence-corrected chi connectivity index (χ3v) is 6.13. The van der Waals surface area contributed by atoms with Gasteiger partial charge in [0.2, 0.25) is 10.0 Å². The number of sulfonamides is 1. The van der Waals surface area contributed by atoms with Crippen LogP contribution in [0.2, 0.25) is 0 Å². The lowest BCUT2D eigenvalue weighted by Gasteiger charge is -2.33. The summed E-state index contributed by atoms with van der Waals surface area (Å²) in [6, 6.07) is 5.94. The molecule has 0 bridgehead atoms. The third kappa shape index (κ3) is 6.73. The molecule has 1 aromatic carbocycles. The maximum atomic E-state index is 12.2. The van der Waals surface area contributed by atoms with Gasteiger partial charge in [0.1, 0.15) is 0 Å². The minimum Gasteiger partial charge on any atom is -0.352 e. The third-order valence-electron chi connectivity index (χ3n) is 4.69. The minimum atomic E-state index is -3.57. The Kier molecular flexibility index (Phi) is 8.43. The van der Waals surface area contributed by atoms with Gasteiger partial charge >= 0.3 is 0 Å². The SMILES string of the molecule is C=CCNS(=O)(=O)c1ccc(C(=O)NCCCN2CCN(CC)CC2)cc1. The number of amides is 1. The van der Waals surface area contributed by atoms with Crippen LogP contribution in [0.4, 0.5) is 0 Å². The molecule has 1 saturated heterocycles. The summed E-state index contributed by atoms with van der Waals surface area (Å²) < 4.78 is 26.4. The quantitative estimate of drug-likeness (QED) is 0.455. The average molecular weight is 395 g/mol.